The number of nitrogens with one attached hydrogen (secondary N) is 1. The van der Waals surface area contributed by atoms with Crippen molar-refractivity contribution < 1.29 is 18.0 Å². The van der Waals surface area contributed by atoms with E-state index in [-0.39, 0.29) is 17.6 Å². The zero-order chi connectivity index (χ0) is 18.6. The lowest BCUT2D eigenvalue weighted by Crippen LogP contribution is -2.33. The molecule has 2 atom stereocenters. The summed E-state index contributed by atoms with van der Waals surface area (Å²) < 4.78 is 40.5. The van der Waals surface area contributed by atoms with E-state index in [1.807, 2.05) is 6.92 Å². The Morgan fingerprint density at radius 2 is 2.08 bits per heavy atom. The van der Waals surface area contributed by atoms with Crippen molar-refractivity contribution in [2.75, 3.05) is 5.32 Å². The topological polar surface area (TPSA) is 59.8 Å². The highest BCUT2D eigenvalue weighted by molar-refractivity contribution is 6.30. The number of fused-ring (bicyclic) bond motifs is 1. The summed E-state index contributed by atoms with van der Waals surface area (Å²) in [7, 11) is 0. The van der Waals surface area contributed by atoms with Gasteiger partial charge in [0.05, 0.1) is 0 Å². The molecule has 9 heteroatoms. The predicted octanol–water partition coefficient (Wildman–Crippen LogP) is 4.22. The molecule has 0 fully saturated rings. The van der Waals surface area contributed by atoms with Gasteiger partial charge >= 0.3 is 6.18 Å². The first-order chi connectivity index (χ1) is 12.2. The molecule has 2 aromatic rings. The third kappa shape index (κ3) is 2.78. The van der Waals surface area contributed by atoms with Crippen LogP contribution in [0.15, 0.2) is 35.5 Å². The number of halogens is 4. The lowest BCUT2D eigenvalue weighted by molar-refractivity contribution is -0.145. The second-order valence-corrected chi connectivity index (χ2v) is 7.05. The van der Waals surface area contributed by atoms with Gasteiger partial charge in [0.25, 0.3) is 5.82 Å². The van der Waals surface area contributed by atoms with Gasteiger partial charge in [0.2, 0.25) is 5.95 Å². The molecule has 0 spiro atoms. The Labute approximate surface area is 151 Å². The molecular weight excluding hydrogens is 369 g/mol. The van der Waals surface area contributed by atoms with Gasteiger partial charge < -0.3 is 5.32 Å². The number of anilines is 1. The molecule has 0 bridgehead atoms. The summed E-state index contributed by atoms with van der Waals surface area (Å²) in [5.74, 6) is -1.27. The van der Waals surface area contributed by atoms with Crippen molar-refractivity contribution >= 4 is 23.3 Å². The summed E-state index contributed by atoms with van der Waals surface area (Å²) in [4.78, 5) is 16.3. The molecule has 1 aliphatic carbocycles. The third-order valence-corrected chi connectivity index (χ3v) is 4.78. The summed E-state index contributed by atoms with van der Waals surface area (Å²) in [6.07, 6.45) is -3.78. The van der Waals surface area contributed by atoms with Crippen molar-refractivity contribution in [3.05, 3.63) is 51.9 Å². The lowest BCUT2D eigenvalue weighted by atomic mass is 9.81. The number of aromatic nitrogens is 3. The van der Waals surface area contributed by atoms with Gasteiger partial charge in [-0.3, -0.25) is 4.79 Å². The predicted molar refractivity (Wildman–Crippen MR) is 88.7 cm³/mol. The van der Waals surface area contributed by atoms with E-state index in [0.29, 0.717) is 34.7 Å². The van der Waals surface area contributed by atoms with E-state index in [2.05, 4.69) is 15.4 Å². The Morgan fingerprint density at radius 3 is 2.77 bits per heavy atom. The molecule has 2 heterocycles. The summed E-state index contributed by atoms with van der Waals surface area (Å²) in [5, 5.41) is 6.95. The number of nitrogens with zero attached hydrogens (tertiary/aromatic N) is 3. The first kappa shape index (κ1) is 17.1. The van der Waals surface area contributed by atoms with Crippen LogP contribution in [0.2, 0.25) is 5.02 Å². The van der Waals surface area contributed by atoms with Crippen molar-refractivity contribution in [1.29, 1.82) is 0 Å². The van der Waals surface area contributed by atoms with Gasteiger partial charge in [0.1, 0.15) is 6.04 Å². The highest BCUT2D eigenvalue weighted by Crippen LogP contribution is 2.42. The highest BCUT2D eigenvalue weighted by atomic mass is 35.5. The van der Waals surface area contributed by atoms with Crippen molar-refractivity contribution in [3.8, 4) is 0 Å². The third-order valence-electron chi connectivity index (χ3n) is 4.54. The minimum Gasteiger partial charge on any atom is -0.328 e. The van der Waals surface area contributed by atoms with Gasteiger partial charge in [-0.25, -0.2) is 4.68 Å². The maximum atomic E-state index is 13.1. The standard InChI is InChI=1S/C17H14ClF3N4O/c1-8-5-11-13(12(26)6-8)14(9-3-2-4-10(18)7-9)25-16(22-11)23-15(24-25)17(19,20)21/h2-4,7-8,14H,5-6H2,1H3,(H,22,23,24). The molecule has 0 amide bonds. The molecule has 1 N–H and O–H groups in total. The van der Waals surface area contributed by atoms with Crippen molar-refractivity contribution in [3.63, 3.8) is 0 Å². The number of ketones is 1. The van der Waals surface area contributed by atoms with E-state index in [4.69, 9.17) is 11.6 Å². The Hall–Kier alpha value is -2.35. The van der Waals surface area contributed by atoms with Crippen molar-refractivity contribution in [1.82, 2.24) is 14.8 Å². The van der Waals surface area contributed by atoms with Crippen LogP contribution in [-0.4, -0.2) is 20.5 Å². The molecule has 0 saturated carbocycles. The number of hydrogen-bond donors (Lipinski definition) is 1. The second kappa shape index (κ2) is 5.84. The fraction of sp³-hybridized carbons (Fsp3) is 0.353. The van der Waals surface area contributed by atoms with Crippen molar-refractivity contribution in [2.24, 2.45) is 5.92 Å². The van der Waals surface area contributed by atoms with Crippen LogP contribution in [0.5, 0.6) is 0 Å². The quantitative estimate of drug-likeness (QED) is 0.802. The summed E-state index contributed by atoms with van der Waals surface area (Å²) in [6.45, 7) is 1.93. The molecule has 1 aliphatic heterocycles. The van der Waals surface area contributed by atoms with E-state index in [9.17, 15) is 18.0 Å². The van der Waals surface area contributed by atoms with E-state index in [0.717, 1.165) is 4.68 Å². The highest BCUT2D eigenvalue weighted by Gasteiger charge is 2.42. The Kier molecular flexibility index (Phi) is 3.83. The summed E-state index contributed by atoms with van der Waals surface area (Å²) >= 11 is 6.06. The van der Waals surface area contributed by atoms with Crippen LogP contribution >= 0.6 is 11.6 Å². The van der Waals surface area contributed by atoms with Crippen LogP contribution in [0.1, 0.15) is 37.2 Å². The summed E-state index contributed by atoms with van der Waals surface area (Å²) in [6, 6.07) is 5.92. The maximum absolute atomic E-state index is 13.1. The smallest absolute Gasteiger partial charge is 0.328 e. The fourth-order valence-corrected chi connectivity index (χ4v) is 3.71. The van der Waals surface area contributed by atoms with Crippen molar-refractivity contribution in [2.45, 2.75) is 32.0 Å². The molecule has 4 rings (SSSR count). The molecule has 0 saturated heterocycles. The molecule has 136 valence electrons. The lowest BCUT2D eigenvalue weighted by Gasteiger charge is -2.34. The van der Waals surface area contributed by atoms with Gasteiger partial charge in [-0.15, -0.1) is 5.10 Å². The van der Waals surface area contributed by atoms with E-state index >= 15 is 0 Å². The van der Waals surface area contributed by atoms with Crippen LogP contribution in [0.3, 0.4) is 0 Å². The maximum Gasteiger partial charge on any atom is 0.453 e. The minimum atomic E-state index is -4.68. The van der Waals surface area contributed by atoms with E-state index in [1.54, 1.807) is 24.3 Å². The number of carbonyl (C=O) groups is 1. The molecule has 26 heavy (non-hydrogen) atoms. The Bertz CT molecular complexity index is 934. The number of Topliss-reactive ketones (excluding diaryl/α,β-unsaturated/α-hetero) is 1. The van der Waals surface area contributed by atoms with Gasteiger partial charge in [0.15, 0.2) is 5.78 Å². The molecular formula is C17H14ClF3N4O. The van der Waals surface area contributed by atoms with E-state index in [1.165, 1.54) is 0 Å². The molecule has 0 radical (unpaired) electrons. The number of alkyl halides is 3. The average molecular weight is 383 g/mol. The zero-order valence-corrected chi connectivity index (χ0v) is 14.4. The average Bonchev–Trinajstić information content (AvgIpc) is 2.96. The van der Waals surface area contributed by atoms with E-state index < -0.39 is 18.0 Å². The minimum absolute atomic E-state index is 0.0250. The van der Waals surface area contributed by atoms with Crippen LogP contribution in [-0.2, 0) is 11.0 Å². The first-order valence-corrected chi connectivity index (χ1v) is 8.44. The summed E-state index contributed by atoms with van der Waals surface area (Å²) in [5.41, 5.74) is 1.62. The van der Waals surface area contributed by atoms with Gasteiger partial charge in [-0.1, -0.05) is 30.7 Å². The molecule has 2 aliphatic rings. The van der Waals surface area contributed by atoms with Crippen LogP contribution in [0, 0.1) is 5.92 Å². The Balaban J connectivity index is 1.92. The van der Waals surface area contributed by atoms with Gasteiger partial charge in [-0.05, 0) is 30.0 Å². The first-order valence-electron chi connectivity index (χ1n) is 8.06. The van der Waals surface area contributed by atoms with Crippen LogP contribution in [0.25, 0.3) is 0 Å². The van der Waals surface area contributed by atoms with Crippen LogP contribution < -0.4 is 5.32 Å². The number of hydrogen-bond acceptors (Lipinski definition) is 4. The monoisotopic (exact) mass is 382 g/mol. The molecule has 5 nitrogen and oxygen atoms in total. The van der Waals surface area contributed by atoms with Gasteiger partial charge in [-0.2, -0.15) is 18.2 Å². The van der Waals surface area contributed by atoms with Crippen LogP contribution in [0.4, 0.5) is 19.1 Å². The molecule has 1 aromatic carbocycles. The molecule has 2 unspecified atom stereocenters. The van der Waals surface area contributed by atoms with Gasteiger partial charge in [0, 0.05) is 22.7 Å². The Morgan fingerprint density at radius 1 is 1.31 bits per heavy atom. The molecule has 1 aromatic heterocycles. The number of benzene rings is 1. The zero-order valence-electron chi connectivity index (χ0n) is 13.6. The number of carbonyl (C=O) groups excluding carboxylic acids is 1. The largest absolute Gasteiger partial charge is 0.453 e. The normalized spacial score (nSPS) is 22.7. The second-order valence-electron chi connectivity index (χ2n) is 6.61. The number of allylic oxidation sites excluding steroid dienone is 2. The SMILES string of the molecule is CC1CC(=O)C2=C(C1)Nc1nc(C(F)(F)F)nn1C2c1cccc(Cl)c1. The number of rotatable bonds is 1. The fourth-order valence-electron chi connectivity index (χ4n) is 3.51.